The number of nitro groups is 1. The second-order valence-electron chi connectivity index (χ2n) is 4.53. The SMILES string of the molecule is Cc1nc(N)nc(-c2ccc3ncccc3c2)c1[N+](=O)[O-]. The Morgan fingerprint density at radius 1 is 1.24 bits per heavy atom. The number of anilines is 1. The number of aromatic nitrogens is 3. The molecule has 7 nitrogen and oxygen atoms in total. The summed E-state index contributed by atoms with van der Waals surface area (Å²) in [5, 5.41) is 12.1. The zero-order valence-corrected chi connectivity index (χ0v) is 11.1. The van der Waals surface area contributed by atoms with Crippen LogP contribution in [0.3, 0.4) is 0 Å². The predicted molar refractivity (Wildman–Crippen MR) is 78.6 cm³/mol. The van der Waals surface area contributed by atoms with Gasteiger partial charge in [-0.15, -0.1) is 0 Å². The highest BCUT2D eigenvalue weighted by atomic mass is 16.6. The molecule has 0 bridgehead atoms. The Kier molecular flexibility index (Phi) is 2.94. The number of hydrogen-bond acceptors (Lipinski definition) is 6. The van der Waals surface area contributed by atoms with Crippen LogP contribution in [0.2, 0.25) is 0 Å². The van der Waals surface area contributed by atoms with Gasteiger partial charge in [-0.25, -0.2) is 9.97 Å². The van der Waals surface area contributed by atoms with E-state index < -0.39 is 4.92 Å². The lowest BCUT2D eigenvalue weighted by Crippen LogP contribution is -2.04. The lowest BCUT2D eigenvalue weighted by atomic mass is 10.1. The topological polar surface area (TPSA) is 108 Å². The Morgan fingerprint density at radius 3 is 2.81 bits per heavy atom. The summed E-state index contributed by atoms with van der Waals surface area (Å²) in [5.41, 5.74) is 7.37. The van der Waals surface area contributed by atoms with Crippen molar-refractivity contribution in [2.45, 2.75) is 6.92 Å². The van der Waals surface area contributed by atoms with Crippen LogP contribution in [0.5, 0.6) is 0 Å². The van der Waals surface area contributed by atoms with Gasteiger partial charge in [-0.05, 0) is 25.1 Å². The van der Waals surface area contributed by atoms with Gasteiger partial charge in [0.25, 0.3) is 0 Å². The third-order valence-corrected chi connectivity index (χ3v) is 3.13. The quantitative estimate of drug-likeness (QED) is 0.571. The monoisotopic (exact) mass is 281 g/mol. The fraction of sp³-hybridized carbons (Fsp3) is 0.0714. The molecule has 0 fully saturated rings. The smallest absolute Gasteiger partial charge is 0.316 e. The van der Waals surface area contributed by atoms with Crippen molar-refractivity contribution >= 4 is 22.5 Å². The molecule has 2 aromatic heterocycles. The van der Waals surface area contributed by atoms with Gasteiger partial charge < -0.3 is 5.73 Å². The maximum atomic E-state index is 11.3. The highest BCUT2D eigenvalue weighted by Crippen LogP contribution is 2.32. The van der Waals surface area contributed by atoms with E-state index in [0.29, 0.717) is 5.56 Å². The third-order valence-electron chi connectivity index (χ3n) is 3.13. The molecule has 0 spiro atoms. The van der Waals surface area contributed by atoms with E-state index in [1.807, 2.05) is 6.07 Å². The summed E-state index contributed by atoms with van der Waals surface area (Å²) < 4.78 is 0. The minimum atomic E-state index is -0.489. The summed E-state index contributed by atoms with van der Waals surface area (Å²) in [6.45, 7) is 1.54. The Bertz CT molecular complexity index is 863. The van der Waals surface area contributed by atoms with Gasteiger partial charge >= 0.3 is 5.69 Å². The molecule has 0 radical (unpaired) electrons. The first-order valence-corrected chi connectivity index (χ1v) is 6.20. The number of benzene rings is 1. The second-order valence-corrected chi connectivity index (χ2v) is 4.53. The van der Waals surface area contributed by atoms with Crippen LogP contribution in [-0.2, 0) is 0 Å². The number of aryl methyl sites for hydroxylation is 1. The Balaban J connectivity index is 2.29. The maximum Gasteiger partial charge on any atom is 0.316 e. The van der Waals surface area contributed by atoms with E-state index in [9.17, 15) is 10.1 Å². The standard InChI is InChI=1S/C14H11N5O2/c1-8-13(19(20)21)12(18-14(15)17-8)10-4-5-11-9(7-10)3-2-6-16-11/h2-7H,1H3,(H2,15,17,18). The molecular formula is C14H11N5O2. The van der Waals surface area contributed by atoms with Gasteiger partial charge in [0, 0.05) is 17.1 Å². The Hall–Kier alpha value is -3.09. The van der Waals surface area contributed by atoms with Crippen LogP contribution in [0.1, 0.15) is 5.69 Å². The normalized spacial score (nSPS) is 10.7. The van der Waals surface area contributed by atoms with Crippen molar-refractivity contribution in [1.29, 1.82) is 0 Å². The van der Waals surface area contributed by atoms with Crippen molar-refractivity contribution in [2.75, 3.05) is 5.73 Å². The van der Waals surface area contributed by atoms with Gasteiger partial charge in [-0.2, -0.15) is 0 Å². The van der Waals surface area contributed by atoms with Gasteiger partial charge in [0.2, 0.25) is 5.95 Å². The van der Waals surface area contributed by atoms with Gasteiger partial charge in [-0.1, -0.05) is 12.1 Å². The minimum absolute atomic E-state index is 0.0133. The number of nitrogens with two attached hydrogens (primary N) is 1. The summed E-state index contributed by atoms with van der Waals surface area (Å²) in [4.78, 5) is 22.9. The van der Waals surface area contributed by atoms with E-state index in [1.165, 1.54) is 0 Å². The van der Waals surface area contributed by atoms with Gasteiger partial charge in [0.15, 0.2) is 5.69 Å². The molecule has 21 heavy (non-hydrogen) atoms. The van der Waals surface area contributed by atoms with Crippen LogP contribution >= 0.6 is 0 Å². The summed E-state index contributed by atoms with van der Waals surface area (Å²) in [6.07, 6.45) is 1.69. The second kappa shape index (κ2) is 4.78. The zero-order valence-electron chi connectivity index (χ0n) is 11.1. The van der Waals surface area contributed by atoms with Gasteiger partial charge in [-0.3, -0.25) is 15.1 Å². The molecule has 7 heteroatoms. The molecule has 0 saturated carbocycles. The molecule has 3 aromatic rings. The van der Waals surface area contributed by atoms with E-state index in [-0.39, 0.29) is 23.0 Å². The molecule has 0 aliphatic carbocycles. The molecule has 0 unspecified atom stereocenters. The lowest BCUT2D eigenvalue weighted by molar-refractivity contribution is -0.385. The van der Waals surface area contributed by atoms with E-state index >= 15 is 0 Å². The van der Waals surface area contributed by atoms with Crippen LogP contribution in [0, 0.1) is 17.0 Å². The van der Waals surface area contributed by atoms with Gasteiger partial charge in [0.05, 0.1) is 10.4 Å². The Labute approximate surface area is 119 Å². The molecule has 3 rings (SSSR count). The van der Waals surface area contributed by atoms with Crippen molar-refractivity contribution in [2.24, 2.45) is 0 Å². The van der Waals surface area contributed by atoms with Crippen LogP contribution in [0.25, 0.3) is 22.2 Å². The summed E-state index contributed by atoms with van der Waals surface area (Å²) in [7, 11) is 0. The molecule has 0 amide bonds. The third kappa shape index (κ3) is 2.25. The molecule has 1 aromatic carbocycles. The number of rotatable bonds is 2. The average Bonchev–Trinajstić information content (AvgIpc) is 2.45. The van der Waals surface area contributed by atoms with Crippen LogP contribution in [-0.4, -0.2) is 19.9 Å². The fourth-order valence-corrected chi connectivity index (χ4v) is 2.23. The first kappa shape index (κ1) is 12.9. The molecular weight excluding hydrogens is 270 g/mol. The molecule has 0 saturated heterocycles. The predicted octanol–water partition coefficient (Wildman–Crippen LogP) is 2.49. The number of nitrogen functional groups attached to an aromatic ring is 1. The fourth-order valence-electron chi connectivity index (χ4n) is 2.23. The maximum absolute atomic E-state index is 11.3. The average molecular weight is 281 g/mol. The van der Waals surface area contributed by atoms with E-state index in [2.05, 4.69) is 15.0 Å². The van der Waals surface area contributed by atoms with Crippen LogP contribution < -0.4 is 5.73 Å². The first-order chi connectivity index (χ1) is 10.1. The van der Waals surface area contributed by atoms with Crippen molar-refractivity contribution in [3.05, 3.63) is 52.3 Å². The summed E-state index contributed by atoms with van der Waals surface area (Å²) in [5.74, 6) is 0.0133. The van der Waals surface area contributed by atoms with E-state index in [4.69, 9.17) is 5.73 Å². The van der Waals surface area contributed by atoms with Crippen molar-refractivity contribution in [3.8, 4) is 11.3 Å². The first-order valence-electron chi connectivity index (χ1n) is 6.20. The number of hydrogen-bond donors (Lipinski definition) is 1. The Morgan fingerprint density at radius 2 is 2.05 bits per heavy atom. The summed E-state index contributed by atoms with van der Waals surface area (Å²) in [6, 6.07) is 9.03. The van der Waals surface area contributed by atoms with Crippen molar-refractivity contribution in [1.82, 2.24) is 15.0 Å². The molecule has 2 N–H and O–H groups in total. The molecule has 0 aliphatic rings. The minimum Gasteiger partial charge on any atom is -0.368 e. The van der Waals surface area contributed by atoms with Crippen molar-refractivity contribution < 1.29 is 4.92 Å². The summed E-state index contributed by atoms with van der Waals surface area (Å²) >= 11 is 0. The molecule has 0 aliphatic heterocycles. The molecule has 104 valence electrons. The van der Waals surface area contributed by atoms with Crippen LogP contribution in [0.15, 0.2) is 36.5 Å². The largest absolute Gasteiger partial charge is 0.368 e. The molecule has 2 heterocycles. The van der Waals surface area contributed by atoms with E-state index in [1.54, 1.807) is 37.4 Å². The van der Waals surface area contributed by atoms with E-state index in [0.717, 1.165) is 10.9 Å². The van der Waals surface area contributed by atoms with Gasteiger partial charge in [0.1, 0.15) is 5.69 Å². The lowest BCUT2D eigenvalue weighted by Gasteiger charge is -2.06. The van der Waals surface area contributed by atoms with Crippen LogP contribution in [0.4, 0.5) is 11.6 Å². The zero-order chi connectivity index (χ0) is 15.0. The highest BCUT2D eigenvalue weighted by molar-refractivity contribution is 5.85. The number of pyridine rings is 1. The molecule has 0 atom stereocenters. The van der Waals surface area contributed by atoms with Crippen molar-refractivity contribution in [3.63, 3.8) is 0 Å². The number of nitrogens with zero attached hydrogens (tertiary/aromatic N) is 4. The highest BCUT2D eigenvalue weighted by Gasteiger charge is 2.22. The number of fused-ring (bicyclic) bond motifs is 1.